The minimum atomic E-state index is 0.0338. The van der Waals surface area contributed by atoms with Crippen LogP contribution in [0, 0.1) is 0 Å². The van der Waals surface area contributed by atoms with Crippen molar-refractivity contribution in [3.8, 4) is 0 Å². The molecule has 2 aromatic carbocycles. The standard InChI is InChI=1S/C20H22N2O/c1-3-15-6-5-7-16(4-2)20(15)22-19(23)13-14-8-9-17-10-11-21-18(17)12-14/h5-12,21H,3-4,13H2,1-2H3,(H,22,23). The highest BCUT2D eigenvalue weighted by Gasteiger charge is 2.11. The van der Waals surface area contributed by atoms with Crippen molar-refractivity contribution in [2.75, 3.05) is 5.32 Å². The fraction of sp³-hybridized carbons (Fsp3) is 0.250. The summed E-state index contributed by atoms with van der Waals surface area (Å²) < 4.78 is 0. The van der Waals surface area contributed by atoms with Gasteiger partial charge < -0.3 is 10.3 Å². The topological polar surface area (TPSA) is 44.9 Å². The number of anilines is 1. The maximum atomic E-state index is 12.5. The van der Waals surface area contributed by atoms with Gasteiger partial charge >= 0.3 is 0 Å². The molecule has 2 N–H and O–H groups in total. The smallest absolute Gasteiger partial charge is 0.228 e. The molecule has 0 saturated carbocycles. The van der Waals surface area contributed by atoms with E-state index in [2.05, 4.69) is 42.3 Å². The van der Waals surface area contributed by atoms with Crippen molar-refractivity contribution in [1.82, 2.24) is 4.98 Å². The predicted octanol–water partition coefficient (Wildman–Crippen LogP) is 4.47. The number of para-hydroxylation sites is 1. The molecule has 3 aromatic rings. The van der Waals surface area contributed by atoms with Crippen LogP contribution in [-0.2, 0) is 24.1 Å². The lowest BCUT2D eigenvalue weighted by Gasteiger charge is -2.14. The summed E-state index contributed by atoms with van der Waals surface area (Å²) in [6, 6.07) is 14.4. The molecule has 0 bridgehead atoms. The first-order valence-electron chi connectivity index (χ1n) is 8.18. The van der Waals surface area contributed by atoms with Gasteiger partial charge in [-0.15, -0.1) is 0 Å². The molecule has 0 radical (unpaired) electrons. The van der Waals surface area contributed by atoms with E-state index < -0.39 is 0 Å². The number of fused-ring (bicyclic) bond motifs is 1. The van der Waals surface area contributed by atoms with Crippen molar-refractivity contribution in [2.24, 2.45) is 0 Å². The summed E-state index contributed by atoms with van der Waals surface area (Å²) in [5, 5.41) is 4.29. The fourth-order valence-corrected chi connectivity index (χ4v) is 2.98. The van der Waals surface area contributed by atoms with Crippen LogP contribution < -0.4 is 5.32 Å². The molecule has 0 aliphatic carbocycles. The van der Waals surface area contributed by atoms with Crippen molar-refractivity contribution in [3.05, 3.63) is 65.4 Å². The van der Waals surface area contributed by atoms with E-state index in [1.807, 2.05) is 30.5 Å². The van der Waals surface area contributed by atoms with Crippen molar-refractivity contribution in [1.29, 1.82) is 0 Å². The molecule has 1 amide bonds. The van der Waals surface area contributed by atoms with E-state index in [-0.39, 0.29) is 5.91 Å². The number of hydrogen-bond acceptors (Lipinski definition) is 1. The molecule has 118 valence electrons. The highest BCUT2D eigenvalue weighted by Crippen LogP contribution is 2.23. The van der Waals surface area contributed by atoms with Gasteiger partial charge in [-0.25, -0.2) is 0 Å². The van der Waals surface area contributed by atoms with Gasteiger partial charge in [-0.05, 0) is 47.1 Å². The van der Waals surface area contributed by atoms with Gasteiger partial charge in [0, 0.05) is 17.4 Å². The minimum absolute atomic E-state index is 0.0338. The molecule has 3 heteroatoms. The zero-order valence-corrected chi connectivity index (χ0v) is 13.6. The van der Waals surface area contributed by atoms with Crippen molar-refractivity contribution in [3.63, 3.8) is 0 Å². The predicted molar refractivity (Wildman–Crippen MR) is 95.8 cm³/mol. The Kier molecular flexibility index (Phi) is 4.47. The van der Waals surface area contributed by atoms with E-state index >= 15 is 0 Å². The fourth-order valence-electron chi connectivity index (χ4n) is 2.98. The van der Waals surface area contributed by atoms with E-state index in [4.69, 9.17) is 0 Å². The molecule has 1 aromatic heterocycles. The molecule has 3 rings (SSSR count). The first-order chi connectivity index (χ1) is 11.2. The van der Waals surface area contributed by atoms with Gasteiger partial charge in [0.25, 0.3) is 0 Å². The Labute approximate surface area is 136 Å². The molecule has 23 heavy (non-hydrogen) atoms. The summed E-state index contributed by atoms with van der Waals surface area (Å²) in [7, 11) is 0. The molecule has 0 saturated heterocycles. The Bertz CT molecular complexity index is 810. The van der Waals surface area contributed by atoms with E-state index in [0.29, 0.717) is 6.42 Å². The van der Waals surface area contributed by atoms with Crippen LogP contribution in [0.2, 0.25) is 0 Å². The summed E-state index contributed by atoms with van der Waals surface area (Å²) in [6.45, 7) is 4.23. The van der Waals surface area contributed by atoms with Gasteiger partial charge in [0.15, 0.2) is 0 Å². The summed E-state index contributed by atoms with van der Waals surface area (Å²) in [5.41, 5.74) is 5.46. The van der Waals surface area contributed by atoms with Crippen LogP contribution in [0.15, 0.2) is 48.7 Å². The molecule has 0 unspecified atom stereocenters. The number of rotatable bonds is 5. The maximum absolute atomic E-state index is 12.5. The second kappa shape index (κ2) is 6.69. The van der Waals surface area contributed by atoms with Gasteiger partial charge in [0.2, 0.25) is 5.91 Å². The van der Waals surface area contributed by atoms with E-state index in [1.54, 1.807) is 0 Å². The van der Waals surface area contributed by atoms with Crippen LogP contribution in [0.3, 0.4) is 0 Å². The molecular formula is C20H22N2O. The monoisotopic (exact) mass is 306 g/mol. The normalized spacial score (nSPS) is 10.9. The first-order valence-corrected chi connectivity index (χ1v) is 8.18. The van der Waals surface area contributed by atoms with Crippen LogP contribution in [-0.4, -0.2) is 10.9 Å². The highest BCUT2D eigenvalue weighted by molar-refractivity contribution is 5.94. The van der Waals surface area contributed by atoms with Crippen molar-refractivity contribution < 1.29 is 4.79 Å². The summed E-state index contributed by atoms with van der Waals surface area (Å²) in [4.78, 5) is 15.7. The molecule has 1 heterocycles. The molecule has 0 atom stereocenters. The van der Waals surface area contributed by atoms with Crippen LogP contribution in [0.4, 0.5) is 5.69 Å². The second-order valence-electron chi connectivity index (χ2n) is 5.78. The number of aromatic nitrogens is 1. The van der Waals surface area contributed by atoms with Gasteiger partial charge in [0.1, 0.15) is 0 Å². The number of amides is 1. The molecule has 0 aliphatic heterocycles. The molecule has 0 spiro atoms. The zero-order chi connectivity index (χ0) is 16.2. The van der Waals surface area contributed by atoms with Crippen LogP contribution in [0.5, 0.6) is 0 Å². The average Bonchev–Trinajstić information content (AvgIpc) is 3.02. The largest absolute Gasteiger partial charge is 0.361 e. The number of nitrogens with one attached hydrogen (secondary N) is 2. The Balaban J connectivity index is 1.79. The number of carbonyl (C=O) groups is 1. The average molecular weight is 306 g/mol. The van der Waals surface area contributed by atoms with Gasteiger partial charge in [-0.2, -0.15) is 0 Å². The molecule has 3 nitrogen and oxygen atoms in total. The molecular weight excluding hydrogens is 284 g/mol. The summed E-state index contributed by atoms with van der Waals surface area (Å²) >= 11 is 0. The Morgan fingerprint density at radius 2 is 1.78 bits per heavy atom. The van der Waals surface area contributed by atoms with Crippen LogP contribution >= 0.6 is 0 Å². The van der Waals surface area contributed by atoms with Gasteiger partial charge in [-0.1, -0.05) is 44.2 Å². The Morgan fingerprint density at radius 1 is 1.04 bits per heavy atom. The number of aryl methyl sites for hydroxylation is 2. The lowest BCUT2D eigenvalue weighted by atomic mass is 10.0. The maximum Gasteiger partial charge on any atom is 0.228 e. The van der Waals surface area contributed by atoms with E-state index in [1.165, 1.54) is 16.5 Å². The lowest BCUT2D eigenvalue weighted by molar-refractivity contribution is -0.115. The number of carbonyl (C=O) groups excluding carboxylic acids is 1. The van der Waals surface area contributed by atoms with E-state index in [0.717, 1.165) is 29.6 Å². The summed E-state index contributed by atoms with van der Waals surface area (Å²) in [5.74, 6) is 0.0338. The Morgan fingerprint density at radius 3 is 2.48 bits per heavy atom. The lowest BCUT2D eigenvalue weighted by Crippen LogP contribution is -2.17. The SMILES string of the molecule is CCc1cccc(CC)c1NC(=O)Cc1ccc2cc[nH]c2c1. The molecule has 0 aliphatic rings. The van der Waals surface area contributed by atoms with Gasteiger partial charge in [-0.3, -0.25) is 4.79 Å². The van der Waals surface area contributed by atoms with Crippen molar-refractivity contribution >= 4 is 22.5 Å². The highest BCUT2D eigenvalue weighted by atomic mass is 16.1. The third-order valence-electron chi connectivity index (χ3n) is 4.25. The van der Waals surface area contributed by atoms with Crippen LogP contribution in [0.1, 0.15) is 30.5 Å². The number of benzene rings is 2. The third kappa shape index (κ3) is 3.29. The third-order valence-corrected chi connectivity index (χ3v) is 4.25. The minimum Gasteiger partial charge on any atom is -0.361 e. The van der Waals surface area contributed by atoms with Crippen molar-refractivity contribution in [2.45, 2.75) is 33.1 Å². The van der Waals surface area contributed by atoms with E-state index in [9.17, 15) is 4.79 Å². The van der Waals surface area contributed by atoms with Crippen LogP contribution in [0.25, 0.3) is 10.9 Å². The zero-order valence-electron chi connectivity index (χ0n) is 13.6. The first kappa shape index (κ1) is 15.3. The quantitative estimate of drug-likeness (QED) is 0.717. The number of H-pyrrole nitrogens is 1. The second-order valence-corrected chi connectivity index (χ2v) is 5.78. The number of hydrogen-bond donors (Lipinski definition) is 2. The number of aromatic amines is 1. The summed E-state index contributed by atoms with van der Waals surface area (Å²) in [6.07, 6.45) is 4.13. The molecule has 0 fully saturated rings. The van der Waals surface area contributed by atoms with Gasteiger partial charge in [0.05, 0.1) is 6.42 Å². The Hall–Kier alpha value is -2.55.